The lowest BCUT2D eigenvalue weighted by Gasteiger charge is -2.26. The molecule has 23 heavy (non-hydrogen) atoms. The van der Waals surface area contributed by atoms with Crippen LogP contribution in [-0.2, 0) is 14.3 Å². The quantitative estimate of drug-likeness (QED) is 0.772. The van der Waals surface area contributed by atoms with Crippen LogP contribution >= 0.6 is 11.6 Å². The predicted octanol–water partition coefficient (Wildman–Crippen LogP) is 0.735. The van der Waals surface area contributed by atoms with Crippen molar-refractivity contribution >= 4 is 29.1 Å². The molecule has 0 aliphatic carbocycles. The van der Waals surface area contributed by atoms with Crippen molar-refractivity contribution < 1.29 is 19.1 Å². The van der Waals surface area contributed by atoms with Crippen LogP contribution in [0.4, 0.5) is 5.69 Å². The Labute approximate surface area is 139 Å². The van der Waals surface area contributed by atoms with Crippen LogP contribution in [0.3, 0.4) is 0 Å². The Kier molecular flexibility index (Phi) is 6.64. The summed E-state index contributed by atoms with van der Waals surface area (Å²) in [6.45, 7) is 4.19. The molecule has 126 valence electrons. The Morgan fingerprint density at radius 1 is 1.30 bits per heavy atom. The molecule has 7 nitrogen and oxygen atoms in total. The fourth-order valence-corrected chi connectivity index (χ4v) is 2.42. The maximum absolute atomic E-state index is 11.8. The van der Waals surface area contributed by atoms with Gasteiger partial charge in [0.2, 0.25) is 0 Å². The molecule has 1 heterocycles. The molecule has 0 aromatic heterocycles. The largest absolute Gasteiger partial charge is 0.495 e. The lowest BCUT2D eigenvalue weighted by molar-refractivity contribution is -0.136. The van der Waals surface area contributed by atoms with Gasteiger partial charge in [0.15, 0.2) is 0 Å². The van der Waals surface area contributed by atoms with E-state index in [1.165, 1.54) is 13.2 Å². The Morgan fingerprint density at radius 2 is 2.04 bits per heavy atom. The zero-order valence-electron chi connectivity index (χ0n) is 12.9. The number of halogens is 1. The van der Waals surface area contributed by atoms with Crippen LogP contribution in [0.5, 0.6) is 5.75 Å². The molecule has 0 unspecified atom stereocenters. The van der Waals surface area contributed by atoms with Gasteiger partial charge in [0, 0.05) is 31.9 Å². The van der Waals surface area contributed by atoms with Crippen LogP contribution in [0, 0.1) is 0 Å². The molecular formula is C15H20ClN3O4. The zero-order valence-corrected chi connectivity index (χ0v) is 13.7. The predicted molar refractivity (Wildman–Crippen MR) is 86.9 cm³/mol. The number of benzene rings is 1. The molecule has 8 heteroatoms. The number of hydrogen-bond acceptors (Lipinski definition) is 5. The van der Waals surface area contributed by atoms with E-state index in [4.69, 9.17) is 21.1 Å². The second-order valence-electron chi connectivity index (χ2n) is 5.01. The number of morpholine rings is 1. The topological polar surface area (TPSA) is 79.9 Å². The fourth-order valence-electron chi connectivity index (χ4n) is 2.16. The molecule has 0 radical (unpaired) electrons. The Balaban J connectivity index is 1.76. The summed E-state index contributed by atoms with van der Waals surface area (Å²) in [6.07, 6.45) is 0. The van der Waals surface area contributed by atoms with Gasteiger partial charge in [-0.2, -0.15) is 0 Å². The smallest absolute Gasteiger partial charge is 0.313 e. The molecule has 1 aromatic rings. The highest BCUT2D eigenvalue weighted by Crippen LogP contribution is 2.27. The van der Waals surface area contributed by atoms with Gasteiger partial charge in [-0.3, -0.25) is 14.5 Å². The van der Waals surface area contributed by atoms with Crippen molar-refractivity contribution in [3.63, 3.8) is 0 Å². The van der Waals surface area contributed by atoms with Crippen molar-refractivity contribution in [3.8, 4) is 5.75 Å². The summed E-state index contributed by atoms with van der Waals surface area (Å²) in [5, 5.41) is 5.45. The minimum atomic E-state index is -0.729. The number of nitrogens with one attached hydrogen (secondary N) is 2. The maximum Gasteiger partial charge on any atom is 0.313 e. The molecule has 1 fully saturated rings. The van der Waals surface area contributed by atoms with Crippen LogP contribution in [0.15, 0.2) is 18.2 Å². The number of nitrogens with zero attached hydrogens (tertiary/aromatic N) is 1. The van der Waals surface area contributed by atoms with Crippen LogP contribution in [0.1, 0.15) is 0 Å². The second-order valence-corrected chi connectivity index (χ2v) is 5.42. The number of hydrogen-bond donors (Lipinski definition) is 2. The van der Waals surface area contributed by atoms with Crippen LogP contribution in [-0.4, -0.2) is 63.2 Å². The molecule has 0 spiro atoms. The van der Waals surface area contributed by atoms with Crippen molar-refractivity contribution in [1.29, 1.82) is 0 Å². The van der Waals surface area contributed by atoms with E-state index in [1.54, 1.807) is 12.1 Å². The van der Waals surface area contributed by atoms with E-state index in [0.717, 1.165) is 13.1 Å². The minimum absolute atomic E-state index is 0.359. The highest BCUT2D eigenvalue weighted by molar-refractivity contribution is 6.40. The van der Waals surface area contributed by atoms with Crippen molar-refractivity contribution in [2.24, 2.45) is 0 Å². The van der Waals surface area contributed by atoms with Crippen molar-refractivity contribution in [2.45, 2.75) is 0 Å². The Morgan fingerprint density at radius 3 is 2.70 bits per heavy atom. The van der Waals surface area contributed by atoms with Crippen LogP contribution < -0.4 is 15.4 Å². The summed E-state index contributed by atoms with van der Waals surface area (Å²) >= 11 is 5.97. The first-order valence-electron chi connectivity index (χ1n) is 7.33. The summed E-state index contributed by atoms with van der Waals surface area (Å²) in [5.74, 6) is -0.905. The molecule has 0 atom stereocenters. The third-order valence-electron chi connectivity index (χ3n) is 3.43. The summed E-state index contributed by atoms with van der Waals surface area (Å²) in [4.78, 5) is 25.8. The van der Waals surface area contributed by atoms with E-state index < -0.39 is 11.8 Å². The van der Waals surface area contributed by atoms with E-state index in [0.29, 0.717) is 42.8 Å². The van der Waals surface area contributed by atoms with E-state index in [1.807, 2.05) is 0 Å². The molecule has 1 aliphatic heterocycles. The molecule has 1 aromatic carbocycles. The lowest BCUT2D eigenvalue weighted by atomic mass is 10.3. The Hall–Kier alpha value is -1.83. The molecule has 0 bridgehead atoms. The van der Waals surface area contributed by atoms with Gasteiger partial charge in [-0.25, -0.2) is 0 Å². The molecule has 1 saturated heterocycles. The van der Waals surface area contributed by atoms with Crippen molar-refractivity contribution in [1.82, 2.24) is 10.2 Å². The highest BCUT2D eigenvalue weighted by Gasteiger charge is 2.15. The normalized spacial score (nSPS) is 15.0. The zero-order chi connectivity index (χ0) is 16.7. The summed E-state index contributed by atoms with van der Waals surface area (Å²) in [7, 11) is 1.50. The first-order valence-corrected chi connectivity index (χ1v) is 7.71. The SMILES string of the molecule is COc1ccc(NC(=O)C(=O)NCCN2CCOCC2)cc1Cl. The summed E-state index contributed by atoms with van der Waals surface area (Å²) in [5.41, 5.74) is 0.434. The van der Waals surface area contributed by atoms with Gasteiger partial charge < -0.3 is 20.1 Å². The first kappa shape index (κ1) is 17.5. The average molecular weight is 342 g/mol. The number of methoxy groups -OCH3 is 1. The Bertz CT molecular complexity index is 562. The summed E-state index contributed by atoms with van der Waals surface area (Å²) in [6, 6.07) is 4.76. The number of rotatable bonds is 5. The van der Waals surface area contributed by atoms with Gasteiger partial charge in [-0.05, 0) is 18.2 Å². The number of carbonyl (C=O) groups is 2. The molecular weight excluding hydrogens is 322 g/mol. The van der Waals surface area contributed by atoms with Gasteiger partial charge >= 0.3 is 11.8 Å². The van der Waals surface area contributed by atoms with Crippen molar-refractivity contribution in [2.75, 3.05) is 51.8 Å². The van der Waals surface area contributed by atoms with Gasteiger partial charge in [-0.15, -0.1) is 0 Å². The number of ether oxygens (including phenoxy) is 2. The van der Waals surface area contributed by atoms with Crippen molar-refractivity contribution in [3.05, 3.63) is 23.2 Å². The van der Waals surface area contributed by atoms with Crippen LogP contribution in [0.2, 0.25) is 5.02 Å². The van der Waals surface area contributed by atoms with Crippen LogP contribution in [0.25, 0.3) is 0 Å². The van der Waals surface area contributed by atoms with E-state index in [-0.39, 0.29) is 0 Å². The standard InChI is InChI=1S/C15H20ClN3O4/c1-22-13-3-2-11(10-12(13)16)18-15(21)14(20)17-4-5-19-6-8-23-9-7-19/h2-3,10H,4-9H2,1H3,(H,17,20)(H,18,21). The number of amides is 2. The van der Waals surface area contributed by atoms with Gasteiger partial charge in [0.05, 0.1) is 25.3 Å². The monoisotopic (exact) mass is 341 g/mol. The van der Waals surface area contributed by atoms with E-state index >= 15 is 0 Å². The van der Waals surface area contributed by atoms with E-state index in [2.05, 4.69) is 15.5 Å². The maximum atomic E-state index is 11.8. The van der Waals surface area contributed by atoms with Gasteiger partial charge in [0.25, 0.3) is 0 Å². The number of carbonyl (C=O) groups excluding carboxylic acids is 2. The summed E-state index contributed by atoms with van der Waals surface area (Å²) < 4.78 is 10.3. The molecule has 0 saturated carbocycles. The minimum Gasteiger partial charge on any atom is -0.495 e. The first-order chi connectivity index (χ1) is 11.1. The van der Waals surface area contributed by atoms with Gasteiger partial charge in [-0.1, -0.05) is 11.6 Å². The fraction of sp³-hybridized carbons (Fsp3) is 0.467. The average Bonchev–Trinajstić information content (AvgIpc) is 2.56. The third-order valence-corrected chi connectivity index (χ3v) is 3.73. The lowest BCUT2D eigenvalue weighted by Crippen LogP contribution is -2.43. The molecule has 1 aliphatic rings. The highest BCUT2D eigenvalue weighted by atomic mass is 35.5. The number of anilines is 1. The second kappa shape index (κ2) is 8.71. The van der Waals surface area contributed by atoms with E-state index in [9.17, 15) is 9.59 Å². The van der Waals surface area contributed by atoms with Gasteiger partial charge in [0.1, 0.15) is 5.75 Å². The molecule has 2 N–H and O–H groups in total. The third kappa shape index (κ3) is 5.38. The molecule has 2 amide bonds. The molecule has 2 rings (SSSR count).